The number of piperidine rings is 1. The predicted molar refractivity (Wildman–Crippen MR) is 157 cm³/mol. The van der Waals surface area contributed by atoms with Crippen molar-refractivity contribution in [2.45, 2.75) is 38.3 Å². The number of carbonyl (C=O) groups is 1. The Labute approximate surface area is 240 Å². The van der Waals surface area contributed by atoms with Gasteiger partial charge in [-0.3, -0.25) is 10.2 Å². The van der Waals surface area contributed by atoms with Crippen molar-refractivity contribution in [3.05, 3.63) is 83.0 Å². The number of carbonyl (C=O) groups excluding carboxylic acids is 1. The van der Waals surface area contributed by atoms with Gasteiger partial charge < -0.3 is 15.7 Å². The number of nitrogens with zero attached hydrogens (tertiary/aromatic N) is 5. The van der Waals surface area contributed by atoms with E-state index in [9.17, 15) is 18.3 Å². The van der Waals surface area contributed by atoms with Crippen molar-refractivity contribution < 1.29 is 18.3 Å². The molecule has 4 N–H and O–H groups in total. The van der Waals surface area contributed by atoms with Gasteiger partial charge in [-0.15, -0.1) is 0 Å². The number of aromatic nitrogens is 2. The van der Waals surface area contributed by atoms with Crippen LogP contribution in [0.4, 0.5) is 5.82 Å². The molecule has 0 aliphatic carbocycles. The third kappa shape index (κ3) is 6.05. The highest BCUT2D eigenvalue weighted by atomic mass is 32.2. The fourth-order valence-electron chi connectivity index (χ4n) is 5.56. The van der Waals surface area contributed by atoms with Crippen LogP contribution in [0.3, 0.4) is 0 Å². The van der Waals surface area contributed by atoms with Gasteiger partial charge in [0.15, 0.2) is 0 Å². The Balaban J connectivity index is 1.46. The van der Waals surface area contributed by atoms with Crippen LogP contribution in [0, 0.1) is 11.3 Å². The second kappa shape index (κ2) is 11.7. The molecule has 11 nitrogen and oxygen atoms in total. The van der Waals surface area contributed by atoms with Crippen molar-refractivity contribution in [3.63, 3.8) is 0 Å². The zero-order valence-corrected chi connectivity index (χ0v) is 24.2. The Morgan fingerprint density at radius 2 is 1.71 bits per heavy atom. The van der Waals surface area contributed by atoms with E-state index < -0.39 is 16.3 Å². The topological polar surface area (TPSA) is 149 Å². The van der Waals surface area contributed by atoms with Crippen LogP contribution in [0.5, 0.6) is 0 Å². The van der Waals surface area contributed by atoms with Crippen LogP contribution in [0.1, 0.15) is 52.9 Å². The lowest BCUT2D eigenvalue weighted by atomic mass is 9.86. The third-order valence-corrected chi connectivity index (χ3v) is 10.0. The molecule has 3 atom stereocenters. The van der Waals surface area contributed by atoms with Crippen molar-refractivity contribution in [1.82, 2.24) is 18.4 Å². The molecule has 0 radical (unpaired) electrons. The van der Waals surface area contributed by atoms with E-state index in [2.05, 4.69) is 6.92 Å². The minimum absolute atomic E-state index is 0.000324. The molecular weight excluding hydrogens is 542 g/mol. The van der Waals surface area contributed by atoms with Crippen molar-refractivity contribution in [2.75, 3.05) is 38.1 Å². The summed E-state index contributed by atoms with van der Waals surface area (Å²) in [6.45, 7) is 3.64. The molecule has 12 heteroatoms. The Morgan fingerprint density at radius 1 is 1.05 bits per heavy atom. The van der Waals surface area contributed by atoms with E-state index in [4.69, 9.17) is 16.2 Å². The van der Waals surface area contributed by atoms with Gasteiger partial charge in [-0.25, -0.2) is 0 Å². The lowest BCUT2D eigenvalue weighted by Crippen LogP contribution is -2.48. The van der Waals surface area contributed by atoms with Gasteiger partial charge >= 0.3 is 0 Å². The summed E-state index contributed by atoms with van der Waals surface area (Å²) in [5, 5.41) is 22.3. The van der Waals surface area contributed by atoms with E-state index in [0.29, 0.717) is 55.1 Å². The number of nitrogens with one attached hydrogen (secondary N) is 1. The summed E-state index contributed by atoms with van der Waals surface area (Å²) in [5.74, 6) is 0.263. The van der Waals surface area contributed by atoms with Crippen molar-refractivity contribution >= 4 is 27.8 Å². The normalized spacial score (nSPS) is 22.1. The standard InChI is InChI=1S/C29H37N7O4S/c1-20-12-14-35(41(39,40)34-15-13-24(37)18-34)19-25(20)26-16-27(36(32-26)29(38)23-6-4-3-5-7-23)33(2)17-21-8-10-22(11-9-21)28(30)31/h3-11,16,20,24-25,37H,12-15,17-19H2,1-2H3,(H3,30,31). The van der Waals surface area contributed by atoms with Gasteiger partial charge in [0.1, 0.15) is 11.7 Å². The van der Waals surface area contributed by atoms with E-state index in [1.54, 1.807) is 36.4 Å². The molecule has 2 aliphatic heterocycles. The summed E-state index contributed by atoms with van der Waals surface area (Å²) in [6, 6.07) is 18.2. The molecule has 2 saturated heterocycles. The zero-order valence-electron chi connectivity index (χ0n) is 23.3. The van der Waals surface area contributed by atoms with Crippen molar-refractivity contribution in [1.29, 1.82) is 5.41 Å². The number of nitrogen functional groups attached to an aromatic ring is 1. The minimum atomic E-state index is -3.72. The molecule has 41 heavy (non-hydrogen) atoms. The number of nitrogens with two attached hydrogens (primary N) is 1. The number of rotatable bonds is 8. The van der Waals surface area contributed by atoms with Gasteiger partial charge in [0.25, 0.3) is 16.1 Å². The van der Waals surface area contributed by atoms with Gasteiger partial charge in [-0.05, 0) is 36.5 Å². The molecule has 3 unspecified atom stereocenters. The van der Waals surface area contributed by atoms with Crippen LogP contribution in [0.25, 0.3) is 0 Å². The summed E-state index contributed by atoms with van der Waals surface area (Å²) in [6.07, 6.45) is 0.459. The summed E-state index contributed by atoms with van der Waals surface area (Å²) >= 11 is 0. The molecular formula is C29H37N7O4S. The van der Waals surface area contributed by atoms with Crippen LogP contribution in [-0.4, -0.2) is 83.0 Å². The van der Waals surface area contributed by atoms with Gasteiger partial charge in [0, 0.05) is 62.9 Å². The van der Waals surface area contributed by atoms with Crippen molar-refractivity contribution in [2.24, 2.45) is 11.7 Å². The first-order chi connectivity index (χ1) is 19.5. The second-order valence-corrected chi connectivity index (χ2v) is 12.9. The van der Waals surface area contributed by atoms with Gasteiger partial charge in [0.05, 0.1) is 11.8 Å². The van der Waals surface area contributed by atoms with E-state index in [1.807, 2.05) is 36.2 Å². The lowest BCUT2D eigenvalue weighted by Gasteiger charge is -2.37. The number of β-amino-alcohol motifs (C(OH)–C–C–N with tert-alkyl or cyclic N) is 1. The molecule has 0 spiro atoms. The first-order valence-corrected chi connectivity index (χ1v) is 15.2. The molecule has 2 aliphatic rings. The van der Waals surface area contributed by atoms with Gasteiger partial charge in [-0.1, -0.05) is 49.4 Å². The highest BCUT2D eigenvalue weighted by Crippen LogP contribution is 2.35. The zero-order chi connectivity index (χ0) is 29.3. The fraction of sp³-hybridized carbons (Fsp3) is 0.414. The molecule has 218 valence electrons. The number of amidine groups is 1. The van der Waals surface area contributed by atoms with Gasteiger partial charge in [-0.2, -0.15) is 26.8 Å². The molecule has 0 amide bonds. The third-order valence-electron chi connectivity index (χ3n) is 8.08. The number of hydrogen-bond acceptors (Lipinski definition) is 7. The molecule has 2 fully saturated rings. The lowest BCUT2D eigenvalue weighted by molar-refractivity contribution is 0.0945. The van der Waals surface area contributed by atoms with Gasteiger partial charge in [0.2, 0.25) is 0 Å². The maximum absolute atomic E-state index is 13.6. The smallest absolute Gasteiger partial charge is 0.282 e. The van der Waals surface area contributed by atoms with E-state index in [-0.39, 0.29) is 36.7 Å². The highest BCUT2D eigenvalue weighted by molar-refractivity contribution is 7.86. The van der Waals surface area contributed by atoms with E-state index in [1.165, 1.54) is 13.3 Å². The second-order valence-electron chi connectivity index (χ2n) is 11.0. The molecule has 0 bridgehead atoms. The van der Waals surface area contributed by atoms with E-state index in [0.717, 1.165) is 5.56 Å². The highest BCUT2D eigenvalue weighted by Gasteiger charge is 2.40. The Morgan fingerprint density at radius 3 is 2.34 bits per heavy atom. The maximum atomic E-state index is 13.6. The molecule has 3 heterocycles. The van der Waals surface area contributed by atoms with Crippen LogP contribution in [-0.2, 0) is 16.8 Å². The number of aliphatic hydroxyl groups is 1. The average molecular weight is 580 g/mol. The molecule has 2 aromatic carbocycles. The average Bonchev–Trinajstić information content (AvgIpc) is 3.61. The summed E-state index contributed by atoms with van der Waals surface area (Å²) in [4.78, 5) is 15.6. The Hall–Kier alpha value is -3.58. The molecule has 3 aromatic rings. The first-order valence-electron chi connectivity index (χ1n) is 13.8. The van der Waals surface area contributed by atoms with Crippen LogP contribution < -0.4 is 10.6 Å². The minimum Gasteiger partial charge on any atom is -0.392 e. The summed E-state index contributed by atoms with van der Waals surface area (Å²) in [7, 11) is -1.83. The van der Waals surface area contributed by atoms with Crippen LogP contribution in [0.15, 0.2) is 60.7 Å². The maximum Gasteiger partial charge on any atom is 0.282 e. The van der Waals surface area contributed by atoms with Crippen LogP contribution >= 0.6 is 0 Å². The predicted octanol–water partition coefficient (Wildman–Crippen LogP) is 2.23. The number of benzene rings is 2. The number of anilines is 1. The molecule has 5 rings (SSSR count). The largest absolute Gasteiger partial charge is 0.392 e. The molecule has 1 aromatic heterocycles. The van der Waals surface area contributed by atoms with Crippen LogP contribution in [0.2, 0.25) is 0 Å². The summed E-state index contributed by atoms with van der Waals surface area (Å²) in [5.41, 5.74) is 8.36. The Bertz CT molecular complexity index is 1510. The Kier molecular flexibility index (Phi) is 8.28. The number of hydrogen-bond donors (Lipinski definition) is 3. The fourth-order valence-corrected chi connectivity index (χ4v) is 7.26. The van der Waals surface area contributed by atoms with E-state index >= 15 is 0 Å². The first kappa shape index (κ1) is 28.9. The number of aliphatic hydroxyl groups excluding tert-OH is 1. The monoisotopic (exact) mass is 579 g/mol. The SMILES string of the molecule is CC1CCN(S(=O)(=O)N2CCC(O)C2)CC1c1cc(N(C)Cc2ccc(C(=N)N)cc2)n(C(=O)c2ccccc2)n1. The summed E-state index contributed by atoms with van der Waals surface area (Å²) < 4.78 is 31.0. The molecule has 0 saturated carbocycles. The quantitative estimate of drug-likeness (QED) is 0.274. The van der Waals surface area contributed by atoms with Crippen molar-refractivity contribution in [3.8, 4) is 0 Å².